The summed E-state index contributed by atoms with van der Waals surface area (Å²) >= 11 is 5.49. The van der Waals surface area contributed by atoms with E-state index in [0.717, 1.165) is 8.04 Å². The number of aromatic hydroxyl groups is 1. The molecule has 0 saturated heterocycles. The molecule has 18 heavy (non-hydrogen) atoms. The first-order valence-corrected chi connectivity index (χ1v) is 6.99. The summed E-state index contributed by atoms with van der Waals surface area (Å²) in [4.78, 5) is 12.0. The average Bonchev–Trinajstić information content (AvgIpc) is 2.34. The third-order valence-corrected chi connectivity index (χ3v) is 3.76. The molecule has 0 bridgehead atoms. The second-order valence-corrected chi connectivity index (χ2v) is 5.67. The van der Waals surface area contributed by atoms with Gasteiger partial charge in [0.2, 0.25) is 0 Å². The number of carbonyl (C=O) groups is 1. The van der Waals surface area contributed by atoms with Gasteiger partial charge in [0, 0.05) is 8.04 Å². The normalized spacial score (nSPS) is 10.1. The number of phenolic OH excluding ortho intramolecular Hbond substituents is 1. The van der Waals surface area contributed by atoms with E-state index in [9.17, 15) is 9.90 Å². The maximum atomic E-state index is 12.0. The van der Waals surface area contributed by atoms with Crippen LogP contribution < -0.4 is 5.32 Å². The van der Waals surface area contributed by atoms with Gasteiger partial charge < -0.3 is 10.4 Å². The van der Waals surface area contributed by atoms with E-state index in [1.165, 1.54) is 6.07 Å². The van der Waals surface area contributed by atoms with Gasteiger partial charge in [0.05, 0.1) is 11.3 Å². The highest BCUT2D eigenvalue weighted by molar-refractivity contribution is 14.1. The van der Waals surface area contributed by atoms with Gasteiger partial charge in [-0.2, -0.15) is 0 Å². The summed E-state index contributed by atoms with van der Waals surface area (Å²) in [7, 11) is 0. The van der Waals surface area contributed by atoms with E-state index < -0.39 is 0 Å². The Labute approximate surface area is 126 Å². The van der Waals surface area contributed by atoms with E-state index in [-0.39, 0.29) is 17.2 Å². The lowest BCUT2D eigenvalue weighted by Crippen LogP contribution is -2.12. The van der Waals surface area contributed by atoms with Gasteiger partial charge >= 0.3 is 0 Å². The molecule has 3 nitrogen and oxygen atoms in total. The van der Waals surface area contributed by atoms with Gasteiger partial charge in [-0.1, -0.05) is 28.1 Å². The minimum atomic E-state index is -0.330. The minimum Gasteiger partial charge on any atom is -0.507 e. The van der Waals surface area contributed by atoms with Gasteiger partial charge in [0.25, 0.3) is 5.91 Å². The molecule has 0 fully saturated rings. The number of nitrogens with one attached hydrogen (secondary N) is 1. The molecule has 1 amide bonds. The van der Waals surface area contributed by atoms with Crippen LogP contribution in [-0.4, -0.2) is 11.0 Å². The Hall–Kier alpha value is -1.08. The largest absolute Gasteiger partial charge is 0.507 e. The smallest absolute Gasteiger partial charge is 0.259 e. The SMILES string of the molecule is O=C(Nc1cc(Br)ccc1I)c1ccccc1O. The number of anilines is 1. The van der Waals surface area contributed by atoms with Crippen molar-refractivity contribution >= 4 is 50.1 Å². The Bertz CT molecular complexity index is 601. The fourth-order valence-electron chi connectivity index (χ4n) is 1.45. The van der Waals surface area contributed by atoms with Crippen LogP contribution in [0.1, 0.15) is 10.4 Å². The van der Waals surface area contributed by atoms with E-state index in [4.69, 9.17) is 0 Å². The number of phenols is 1. The van der Waals surface area contributed by atoms with Crippen LogP contribution in [0.25, 0.3) is 0 Å². The molecule has 0 atom stereocenters. The van der Waals surface area contributed by atoms with Crippen molar-refractivity contribution in [2.45, 2.75) is 0 Å². The predicted octanol–water partition coefficient (Wildman–Crippen LogP) is 4.01. The molecule has 0 radical (unpaired) electrons. The Morgan fingerprint density at radius 3 is 2.67 bits per heavy atom. The summed E-state index contributed by atoms with van der Waals surface area (Å²) in [6.07, 6.45) is 0. The van der Waals surface area contributed by atoms with E-state index >= 15 is 0 Å². The molecule has 0 aliphatic rings. The van der Waals surface area contributed by atoms with E-state index in [0.29, 0.717) is 5.69 Å². The molecular formula is C13H9BrINO2. The van der Waals surface area contributed by atoms with Crippen molar-refractivity contribution in [3.8, 4) is 5.75 Å². The molecule has 2 aromatic carbocycles. The summed E-state index contributed by atoms with van der Waals surface area (Å²) in [6, 6.07) is 12.1. The first kappa shape index (κ1) is 13.4. The van der Waals surface area contributed by atoms with Crippen molar-refractivity contribution in [2.75, 3.05) is 5.32 Å². The van der Waals surface area contributed by atoms with Crippen molar-refractivity contribution in [3.63, 3.8) is 0 Å². The summed E-state index contributed by atoms with van der Waals surface area (Å²) in [5.41, 5.74) is 0.964. The Balaban J connectivity index is 2.27. The zero-order chi connectivity index (χ0) is 13.1. The fraction of sp³-hybridized carbons (Fsp3) is 0. The number of amides is 1. The maximum Gasteiger partial charge on any atom is 0.259 e. The van der Waals surface area contributed by atoms with E-state index in [2.05, 4.69) is 43.8 Å². The molecule has 2 rings (SSSR count). The molecule has 0 saturated carbocycles. The van der Waals surface area contributed by atoms with Crippen LogP contribution in [0.2, 0.25) is 0 Å². The maximum absolute atomic E-state index is 12.0. The van der Waals surface area contributed by atoms with Gasteiger partial charge in [-0.3, -0.25) is 4.79 Å². The van der Waals surface area contributed by atoms with Crippen LogP contribution in [0.4, 0.5) is 5.69 Å². The highest BCUT2D eigenvalue weighted by Gasteiger charge is 2.11. The molecule has 0 aliphatic heterocycles. The second kappa shape index (κ2) is 5.71. The van der Waals surface area contributed by atoms with Crippen molar-refractivity contribution in [1.82, 2.24) is 0 Å². The Morgan fingerprint density at radius 2 is 1.94 bits per heavy atom. The Morgan fingerprint density at radius 1 is 1.22 bits per heavy atom. The number of para-hydroxylation sites is 1. The predicted molar refractivity (Wildman–Crippen MR) is 82.9 cm³/mol. The topological polar surface area (TPSA) is 49.3 Å². The molecular weight excluding hydrogens is 409 g/mol. The summed E-state index contributed by atoms with van der Waals surface area (Å²) in [6.45, 7) is 0. The summed E-state index contributed by atoms with van der Waals surface area (Å²) in [5.74, 6) is -0.357. The van der Waals surface area contributed by atoms with Gasteiger partial charge in [0.15, 0.2) is 0 Å². The van der Waals surface area contributed by atoms with Gasteiger partial charge in [-0.05, 0) is 52.9 Å². The zero-order valence-electron chi connectivity index (χ0n) is 9.15. The van der Waals surface area contributed by atoms with E-state index in [1.807, 2.05) is 18.2 Å². The summed E-state index contributed by atoms with van der Waals surface area (Å²) < 4.78 is 1.81. The van der Waals surface area contributed by atoms with E-state index in [1.54, 1.807) is 18.2 Å². The third kappa shape index (κ3) is 3.02. The lowest BCUT2D eigenvalue weighted by Gasteiger charge is -2.09. The van der Waals surface area contributed by atoms with Crippen LogP contribution in [0, 0.1) is 3.57 Å². The lowest BCUT2D eigenvalue weighted by atomic mass is 10.2. The van der Waals surface area contributed by atoms with Crippen LogP contribution in [0.3, 0.4) is 0 Å². The molecule has 0 unspecified atom stereocenters. The second-order valence-electron chi connectivity index (χ2n) is 3.60. The number of halogens is 2. The molecule has 2 aromatic rings. The quantitative estimate of drug-likeness (QED) is 0.725. The number of hydrogen-bond donors (Lipinski definition) is 2. The van der Waals surface area contributed by atoms with Crippen molar-refractivity contribution in [1.29, 1.82) is 0 Å². The monoisotopic (exact) mass is 417 g/mol. The molecule has 2 N–H and O–H groups in total. The van der Waals surface area contributed by atoms with Gasteiger partial charge in [-0.25, -0.2) is 0 Å². The molecule has 0 spiro atoms. The first-order valence-electron chi connectivity index (χ1n) is 5.12. The standard InChI is InChI=1S/C13H9BrINO2/c14-8-5-6-10(15)11(7-8)16-13(18)9-3-1-2-4-12(9)17/h1-7,17H,(H,16,18). The van der Waals surface area contributed by atoms with Gasteiger partial charge in [0.1, 0.15) is 5.75 Å². The van der Waals surface area contributed by atoms with Crippen LogP contribution >= 0.6 is 38.5 Å². The van der Waals surface area contributed by atoms with Crippen molar-refractivity contribution in [2.24, 2.45) is 0 Å². The number of carbonyl (C=O) groups excluding carboxylic acids is 1. The average molecular weight is 418 g/mol. The number of rotatable bonds is 2. The summed E-state index contributed by atoms with van der Waals surface area (Å²) in [5, 5.41) is 12.4. The van der Waals surface area contributed by atoms with Crippen LogP contribution in [0.5, 0.6) is 5.75 Å². The molecule has 0 aromatic heterocycles. The number of benzene rings is 2. The zero-order valence-corrected chi connectivity index (χ0v) is 12.9. The lowest BCUT2D eigenvalue weighted by molar-refractivity contribution is 0.102. The van der Waals surface area contributed by atoms with Gasteiger partial charge in [-0.15, -0.1) is 0 Å². The Kier molecular flexibility index (Phi) is 4.23. The molecule has 0 aliphatic carbocycles. The van der Waals surface area contributed by atoms with Crippen molar-refractivity contribution < 1.29 is 9.90 Å². The van der Waals surface area contributed by atoms with Crippen LogP contribution in [0.15, 0.2) is 46.9 Å². The van der Waals surface area contributed by atoms with Crippen LogP contribution in [-0.2, 0) is 0 Å². The van der Waals surface area contributed by atoms with Crippen molar-refractivity contribution in [3.05, 3.63) is 56.1 Å². The fourth-order valence-corrected chi connectivity index (χ4v) is 2.28. The minimum absolute atomic E-state index is 0.0278. The highest BCUT2D eigenvalue weighted by Crippen LogP contribution is 2.24. The molecule has 5 heteroatoms. The molecule has 0 heterocycles. The molecule has 92 valence electrons. The number of hydrogen-bond acceptors (Lipinski definition) is 2. The highest BCUT2D eigenvalue weighted by atomic mass is 127. The first-order chi connectivity index (χ1) is 8.58. The third-order valence-electron chi connectivity index (χ3n) is 2.33.